The summed E-state index contributed by atoms with van der Waals surface area (Å²) in [5.41, 5.74) is 5.40. The average molecular weight is 212 g/mol. The molecule has 0 aromatic carbocycles. The molecule has 0 aliphatic heterocycles. The number of aryl methyl sites for hydroxylation is 1. The Bertz CT molecular complexity index is 296. The minimum absolute atomic E-state index is 0.120. The molecular weight excluding hydrogens is 196 g/mol. The molecule has 1 atom stereocenters. The Morgan fingerprint density at radius 1 is 1.73 bits per heavy atom. The predicted molar refractivity (Wildman–Crippen MR) is 55.5 cm³/mol. The van der Waals surface area contributed by atoms with Crippen LogP contribution in [0.4, 0.5) is 0 Å². The fourth-order valence-corrected chi connectivity index (χ4v) is 1.10. The molecule has 0 saturated carbocycles. The van der Waals surface area contributed by atoms with Gasteiger partial charge in [-0.15, -0.1) is 5.10 Å². The van der Waals surface area contributed by atoms with Crippen LogP contribution in [0.25, 0.3) is 0 Å². The minimum atomic E-state index is -0.120. The molecular formula is C8H16N6O. The zero-order valence-corrected chi connectivity index (χ0v) is 8.67. The van der Waals surface area contributed by atoms with Gasteiger partial charge in [-0.2, -0.15) is 0 Å². The molecule has 0 aliphatic carbocycles. The van der Waals surface area contributed by atoms with E-state index in [1.54, 1.807) is 10.9 Å². The summed E-state index contributed by atoms with van der Waals surface area (Å²) in [5.74, 6) is 0.191. The Hall–Kier alpha value is -1.63. The van der Waals surface area contributed by atoms with Crippen molar-refractivity contribution in [3.63, 3.8) is 0 Å². The lowest BCUT2D eigenvalue weighted by Gasteiger charge is -2.11. The topological polar surface area (TPSA) is 101 Å². The highest BCUT2D eigenvalue weighted by molar-refractivity contribution is 5.84. The highest BCUT2D eigenvalue weighted by atomic mass is 16.4. The Morgan fingerprint density at radius 3 is 3.13 bits per heavy atom. The van der Waals surface area contributed by atoms with Crippen LogP contribution in [0.1, 0.15) is 13.3 Å². The number of hydrogen-bond donors (Lipinski definition) is 3. The molecule has 15 heavy (non-hydrogen) atoms. The molecule has 0 amide bonds. The average Bonchev–Trinajstić information content (AvgIpc) is 2.75. The van der Waals surface area contributed by atoms with Crippen molar-refractivity contribution >= 4 is 5.84 Å². The molecule has 1 unspecified atom stereocenters. The molecule has 4 N–H and O–H groups in total. The molecule has 7 heteroatoms. The van der Waals surface area contributed by atoms with Crippen molar-refractivity contribution < 1.29 is 5.21 Å². The third-order valence-corrected chi connectivity index (χ3v) is 2.05. The summed E-state index contributed by atoms with van der Waals surface area (Å²) in [6.45, 7) is 3.41. The van der Waals surface area contributed by atoms with E-state index in [4.69, 9.17) is 10.9 Å². The maximum atomic E-state index is 8.41. The number of nitrogens with one attached hydrogen (secondary N) is 1. The van der Waals surface area contributed by atoms with E-state index in [2.05, 4.69) is 20.8 Å². The van der Waals surface area contributed by atoms with Crippen LogP contribution in [0, 0.1) is 0 Å². The van der Waals surface area contributed by atoms with Crippen LogP contribution in [0.3, 0.4) is 0 Å². The maximum Gasteiger partial charge on any atom is 0.156 e. The Balaban J connectivity index is 2.12. The number of aromatic nitrogens is 3. The summed E-state index contributed by atoms with van der Waals surface area (Å²) in [6.07, 6.45) is 4.37. The lowest BCUT2D eigenvalue weighted by Crippen LogP contribution is -2.39. The summed E-state index contributed by atoms with van der Waals surface area (Å²) in [7, 11) is 0. The molecule has 7 nitrogen and oxygen atoms in total. The number of amidine groups is 1. The molecule has 1 heterocycles. The molecule has 0 fully saturated rings. The minimum Gasteiger partial charge on any atom is -0.409 e. The first-order chi connectivity index (χ1) is 7.24. The van der Waals surface area contributed by atoms with Gasteiger partial charge >= 0.3 is 0 Å². The van der Waals surface area contributed by atoms with Gasteiger partial charge in [0.25, 0.3) is 0 Å². The SMILES string of the molecule is CC(NCCCn1ccnn1)/C(N)=N/O. The van der Waals surface area contributed by atoms with E-state index in [-0.39, 0.29) is 11.9 Å². The zero-order chi connectivity index (χ0) is 11.1. The molecule has 1 rings (SSSR count). The number of oxime groups is 1. The molecule has 84 valence electrons. The summed E-state index contributed by atoms with van der Waals surface area (Å²) in [4.78, 5) is 0. The van der Waals surface area contributed by atoms with Crippen molar-refractivity contribution in [2.24, 2.45) is 10.9 Å². The van der Waals surface area contributed by atoms with E-state index in [1.165, 1.54) is 0 Å². The standard InChI is InChI=1S/C8H16N6O/c1-7(8(9)12-15)10-3-2-5-14-6-4-11-13-14/h4,6-7,10,15H,2-3,5H2,1H3,(H2,9,12). The van der Waals surface area contributed by atoms with Crippen LogP contribution >= 0.6 is 0 Å². The summed E-state index contributed by atoms with van der Waals surface area (Å²) < 4.78 is 1.76. The fraction of sp³-hybridized carbons (Fsp3) is 0.625. The van der Waals surface area contributed by atoms with Crippen molar-refractivity contribution in [3.05, 3.63) is 12.4 Å². The monoisotopic (exact) mass is 212 g/mol. The number of nitrogens with zero attached hydrogens (tertiary/aromatic N) is 4. The highest BCUT2D eigenvalue weighted by Gasteiger charge is 2.05. The lowest BCUT2D eigenvalue weighted by molar-refractivity contribution is 0.315. The van der Waals surface area contributed by atoms with Crippen LogP contribution in [0.5, 0.6) is 0 Å². The van der Waals surface area contributed by atoms with Crippen molar-refractivity contribution in [3.8, 4) is 0 Å². The lowest BCUT2D eigenvalue weighted by atomic mass is 10.3. The summed E-state index contributed by atoms with van der Waals surface area (Å²) >= 11 is 0. The molecule has 1 aromatic heterocycles. The van der Waals surface area contributed by atoms with Crippen molar-refractivity contribution in [1.82, 2.24) is 20.3 Å². The van der Waals surface area contributed by atoms with Crippen molar-refractivity contribution in [1.29, 1.82) is 0 Å². The van der Waals surface area contributed by atoms with Gasteiger partial charge in [0.2, 0.25) is 0 Å². The Morgan fingerprint density at radius 2 is 2.53 bits per heavy atom. The van der Waals surface area contributed by atoms with E-state index in [0.29, 0.717) is 0 Å². The van der Waals surface area contributed by atoms with Crippen LogP contribution in [0.15, 0.2) is 17.5 Å². The molecule has 0 radical (unpaired) electrons. The zero-order valence-electron chi connectivity index (χ0n) is 8.67. The fourth-order valence-electron chi connectivity index (χ4n) is 1.10. The molecule has 0 saturated heterocycles. The van der Waals surface area contributed by atoms with Gasteiger partial charge in [0, 0.05) is 12.7 Å². The van der Waals surface area contributed by atoms with Crippen LogP contribution in [-0.4, -0.2) is 38.6 Å². The Labute approximate surface area is 87.9 Å². The quantitative estimate of drug-likeness (QED) is 0.192. The van der Waals surface area contributed by atoms with E-state index in [0.717, 1.165) is 19.5 Å². The molecule has 0 spiro atoms. The second-order valence-corrected chi connectivity index (χ2v) is 3.22. The first kappa shape index (κ1) is 11.4. The van der Waals surface area contributed by atoms with Crippen molar-refractivity contribution in [2.75, 3.05) is 6.54 Å². The number of nitrogens with two attached hydrogens (primary N) is 1. The van der Waals surface area contributed by atoms with E-state index in [1.807, 2.05) is 13.1 Å². The smallest absolute Gasteiger partial charge is 0.156 e. The predicted octanol–water partition coefficient (Wildman–Crippen LogP) is -0.607. The van der Waals surface area contributed by atoms with Gasteiger partial charge in [-0.25, -0.2) is 0 Å². The summed E-state index contributed by atoms with van der Waals surface area (Å²) in [6, 6.07) is -0.120. The van der Waals surface area contributed by atoms with Crippen LogP contribution in [-0.2, 0) is 6.54 Å². The van der Waals surface area contributed by atoms with E-state index >= 15 is 0 Å². The second kappa shape index (κ2) is 5.97. The van der Waals surface area contributed by atoms with Crippen LogP contribution < -0.4 is 11.1 Å². The third kappa shape index (κ3) is 3.94. The molecule has 1 aromatic rings. The van der Waals surface area contributed by atoms with Crippen molar-refractivity contribution in [2.45, 2.75) is 25.9 Å². The first-order valence-corrected chi connectivity index (χ1v) is 4.79. The van der Waals surface area contributed by atoms with Gasteiger partial charge in [0.1, 0.15) is 0 Å². The van der Waals surface area contributed by atoms with Gasteiger partial charge in [-0.3, -0.25) is 4.68 Å². The number of hydrogen-bond acceptors (Lipinski definition) is 5. The van der Waals surface area contributed by atoms with Gasteiger partial charge in [-0.1, -0.05) is 10.4 Å². The number of rotatable bonds is 6. The maximum absolute atomic E-state index is 8.41. The van der Waals surface area contributed by atoms with Gasteiger partial charge < -0.3 is 16.3 Å². The largest absolute Gasteiger partial charge is 0.409 e. The second-order valence-electron chi connectivity index (χ2n) is 3.22. The molecule has 0 bridgehead atoms. The third-order valence-electron chi connectivity index (χ3n) is 2.05. The summed E-state index contributed by atoms with van der Waals surface area (Å²) in [5, 5.41) is 22.0. The van der Waals surface area contributed by atoms with E-state index in [9.17, 15) is 0 Å². The van der Waals surface area contributed by atoms with Gasteiger partial charge in [0.15, 0.2) is 5.84 Å². The highest BCUT2D eigenvalue weighted by Crippen LogP contribution is 1.88. The first-order valence-electron chi connectivity index (χ1n) is 4.79. The molecule has 0 aliphatic rings. The van der Waals surface area contributed by atoms with Crippen LogP contribution in [0.2, 0.25) is 0 Å². The van der Waals surface area contributed by atoms with E-state index < -0.39 is 0 Å². The normalized spacial score (nSPS) is 14.1. The Kier molecular flexibility index (Phi) is 4.55. The van der Waals surface area contributed by atoms with Gasteiger partial charge in [0.05, 0.1) is 12.2 Å². The van der Waals surface area contributed by atoms with Gasteiger partial charge in [-0.05, 0) is 19.9 Å².